The highest BCUT2D eigenvalue weighted by molar-refractivity contribution is 7.14. The molecule has 1 saturated heterocycles. The number of thiophene rings is 1. The Labute approximate surface area is 126 Å². The van der Waals surface area contributed by atoms with Gasteiger partial charge in [-0.2, -0.15) is 0 Å². The van der Waals surface area contributed by atoms with Crippen molar-refractivity contribution < 1.29 is 0 Å². The van der Waals surface area contributed by atoms with E-state index in [0.29, 0.717) is 18.1 Å². The third-order valence-electron chi connectivity index (χ3n) is 4.07. The van der Waals surface area contributed by atoms with Crippen LogP contribution in [0.1, 0.15) is 51.6 Å². The first-order chi connectivity index (χ1) is 9.08. The van der Waals surface area contributed by atoms with Gasteiger partial charge in [-0.1, -0.05) is 18.0 Å². The molecule has 2 rings (SSSR count). The minimum Gasteiger partial charge on any atom is -0.313 e. The van der Waals surface area contributed by atoms with E-state index in [9.17, 15) is 0 Å². The van der Waals surface area contributed by atoms with Crippen LogP contribution in [0.25, 0.3) is 0 Å². The molecule has 0 radical (unpaired) electrons. The number of nitrogens with zero attached hydrogens (tertiary/aromatic N) is 1. The highest BCUT2D eigenvalue weighted by atomic mass is 35.5. The molecule has 2 nitrogen and oxygen atoms in total. The van der Waals surface area contributed by atoms with Crippen molar-refractivity contribution >= 4 is 22.9 Å². The number of hydrogen-bond donors (Lipinski definition) is 1. The Balaban J connectivity index is 2.02. The quantitative estimate of drug-likeness (QED) is 0.871. The Morgan fingerprint density at radius 1 is 1.42 bits per heavy atom. The van der Waals surface area contributed by atoms with E-state index >= 15 is 0 Å². The second-order valence-corrected chi connectivity index (χ2v) is 7.34. The van der Waals surface area contributed by atoms with Crippen LogP contribution in [-0.4, -0.2) is 30.1 Å². The standard InChI is InChI=1S/C15H25ClN2S/c1-11(2)18(9-14-6-4-5-7-17-14)12(3)13-8-15(16)19-10-13/h8,10-12,14,17H,4-7,9H2,1-3H3. The Morgan fingerprint density at radius 3 is 2.74 bits per heavy atom. The molecule has 0 aliphatic carbocycles. The van der Waals surface area contributed by atoms with Crippen LogP contribution in [0.15, 0.2) is 11.4 Å². The van der Waals surface area contributed by atoms with Crippen LogP contribution in [0.4, 0.5) is 0 Å². The third-order valence-corrected chi connectivity index (χ3v) is 5.18. The van der Waals surface area contributed by atoms with E-state index in [-0.39, 0.29) is 0 Å². The maximum atomic E-state index is 6.07. The summed E-state index contributed by atoms with van der Waals surface area (Å²) in [6, 6.07) is 3.75. The lowest BCUT2D eigenvalue weighted by Gasteiger charge is -2.37. The molecule has 0 saturated carbocycles. The molecular weight excluding hydrogens is 276 g/mol. The highest BCUT2D eigenvalue weighted by Crippen LogP contribution is 2.29. The second-order valence-electron chi connectivity index (χ2n) is 5.80. The number of hydrogen-bond acceptors (Lipinski definition) is 3. The zero-order valence-corrected chi connectivity index (χ0v) is 13.7. The molecule has 2 unspecified atom stereocenters. The van der Waals surface area contributed by atoms with Crippen LogP contribution in [0, 0.1) is 0 Å². The number of nitrogens with one attached hydrogen (secondary N) is 1. The molecule has 19 heavy (non-hydrogen) atoms. The molecule has 108 valence electrons. The van der Waals surface area contributed by atoms with Gasteiger partial charge in [0.15, 0.2) is 0 Å². The van der Waals surface area contributed by atoms with Gasteiger partial charge in [0, 0.05) is 24.7 Å². The summed E-state index contributed by atoms with van der Waals surface area (Å²) >= 11 is 7.70. The van der Waals surface area contributed by atoms with Gasteiger partial charge in [-0.3, -0.25) is 4.90 Å². The van der Waals surface area contributed by atoms with Gasteiger partial charge in [0.1, 0.15) is 0 Å². The molecule has 1 aromatic heterocycles. The topological polar surface area (TPSA) is 15.3 Å². The van der Waals surface area contributed by atoms with Crippen molar-refractivity contribution in [1.29, 1.82) is 0 Å². The van der Waals surface area contributed by atoms with Crippen LogP contribution in [0.5, 0.6) is 0 Å². The van der Waals surface area contributed by atoms with Crippen molar-refractivity contribution in [3.05, 3.63) is 21.3 Å². The molecule has 0 spiro atoms. The van der Waals surface area contributed by atoms with Gasteiger partial charge in [0.25, 0.3) is 0 Å². The zero-order valence-electron chi connectivity index (χ0n) is 12.2. The number of piperidine rings is 1. The van der Waals surface area contributed by atoms with E-state index in [4.69, 9.17) is 11.6 Å². The lowest BCUT2D eigenvalue weighted by Crippen LogP contribution is -2.46. The molecule has 1 aromatic rings. The van der Waals surface area contributed by atoms with E-state index < -0.39 is 0 Å². The maximum absolute atomic E-state index is 6.07. The van der Waals surface area contributed by atoms with E-state index in [1.165, 1.54) is 31.4 Å². The largest absolute Gasteiger partial charge is 0.313 e. The highest BCUT2D eigenvalue weighted by Gasteiger charge is 2.24. The van der Waals surface area contributed by atoms with Gasteiger partial charge in [-0.05, 0) is 57.2 Å². The number of rotatable bonds is 5. The first-order valence-electron chi connectivity index (χ1n) is 7.31. The van der Waals surface area contributed by atoms with Crippen molar-refractivity contribution in [2.45, 2.75) is 58.2 Å². The zero-order chi connectivity index (χ0) is 13.8. The molecule has 0 bridgehead atoms. The fraction of sp³-hybridized carbons (Fsp3) is 0.733. The average molecular weight is 301 g/mol. The molecule has 1 aliphatic heterocycles. The summed E-state index contributed by atoms with van der Waals surface area (Å²) in [5.41, 5.74) is 1.35. The van der Waals surface area contributed by atoms with Gasteiger partial charge in [0.2, 0.25) is 0 Å². The molecule has 0 aromatic carbocycles. The summed E-state index contributed by atoms with van der Waals surface area (Å²) in [4.78, 5) is 2.58. The maximum Gasteiger partial charge on any atom is 0.0931 e. The van der Waals surface area contributed by atoms with Crippen molar-refractivity contribution in [1.82, 2.24) is 10.2 Å². The molecule has 2 heterocycles. The van der Waals surface area contributed by atoms with Crippen molar-refractivity contribution in [3.8, 4) is 0 Å². The second kappa shape index (κ2) is 7.07. The van der Waals surface area contributed by atoms with E-state index in [1.807, 2.05) is 0 Å². The van der Waals surface area contributed by atoms with Crippen LogP contribution >= 0.6 is 22.9 Å². The SMILES string of the molecule is CC(C)N(CC1CCCCN1)C(C)c1csc(Cl)c1. The lowest BCUT2D eigenvalue weighted by atomic mass is 10.0. The van der Waals surface area contributed by atoms with Crippen molar-refractivity contribution in [2.75, 3.05) is 13.1 Å². The Kier molecular flexibility index (Phi) is 5.70. The van der Waals surface area contributed by atoms with Crippen LogP contribution in [-0.2, 0) is 0 Å². The molecule has 2 atom stereocenters. The van der Waals surface area contributed by atoms with E-state index in [1.54, 1.807) is 11.3 Å². The predicted molar refractivity (Wildman–Crippen MR) is 85.2 cm³/mol. The van der Waals surface area contributed by atoms with Crippen molar-refractivity contribution in [3.63, 3.8) is 0 Å². The molecule has 1 aliphatic rings. The summed E-state index contributed by atoms with van der Waals surface area (Å²) in [5, 5.41) is 5.84. The fourth-order valence-corrected chi connectivity index (χ4v) is 3.86. The first kappa shape index (κ1) is 15.3. The Hall–Kier alpha value is -0.0900. The van der Waals surface area contributed by atoms with Crippen LogP contribution in [0.2, 0.25) is 4.34 Å². The van der Waals surface area contributed by atoms with Gasteiger partial charge >= 0.3 is 0 Å². The first-order valence-corrected chi connectivity index (χ1v) is 8.56. The molecular formula is C15H25ClN2S. The number of halogens is 1. The van der Waals surface area contributed by atoms with Crippen LogP contribution in [0.3, 0.4) is 0 Å². The summed E-state index contributed by atoms with van der Waals surface area (Å²) in [6.07, 6.45) is 4.00. The minimum absolute atomic E-state index is 0.437. The summed E-state index contributed by atoms with van der Waals surface area (Å²) < 4.78 is 0.890. The smallest absolute Gasteiger partial charge is 0.0931 e. The molecule has 1 fully saturated rings. The van der Waals surface area contributed by atoms with Crippen molar-refractivity contribution in [2.24, 2.45) is 0 Å². The van der Waals surface area contributed by atoms with Crippen LogP contribution < -0.4 is 5.32 Å². The Bertz CT molecular complexity index is 385. The van der Waals surface area contributed by atoms with E-state index in [0.717, 1.165) is 10.9 Å². The Morgan fingerprint density at radius 2 is 2.21 bits per heavy atom. The predicted octanol–water partition coefficient (Wildman–Crippen LogP) is 4.32. The average Bonchev–Trinajstić information content (AvgIpc) is 2.83. The monoisotopic (exact) mass is 300 g/mol. The normalized spacial score (nSPS) is 22.1. The van der Waals surface area contributed by atoms with Gasteiger partial charge in [-0.15, -0.1) is 11.3 Å². The van der Waals surface area contributed by atoms with Gasteiger partial charge < -0.3 is 5.32 Å². The fourth-order valence-electron chi connectivity index (χ4n) is 2.88. The third kappa shape index (κ3) is 4.19. The molecule has 0 amide bonds. The summed E-state index contributed by atoms with van der Waals surface area (Å²) in [6.45, 7) is 9.17. The van der Waals surface area contributed by atoms with E-state index in [2.05, 4.69) is 42.4 Å². The minimum atomic E-state index is 0.437. The summed E-state index contributed by atoms with van der Waals surface area (Å²) in [7, 11) is 0. The molecule has 1 N–H and O–H groups in total. The lowest BCUT2D eigenvalue weighted by molar-refractivity contribution is 0.138. The molecule has 4 heteroatoms. The summed E-state index contributed by atoms with van der Waals surface area (Å²) in [5.74, 6) is 0. The van der Waals surface area contributed by atoms with Gasteiger partial charge in [-0.25, -0.2) is 0 Å². The van der Waals surface area contributed by atoms with Gasteiger partial charge in [0.05, 0.1) is 4.34 Å².